The number of benzene rings is 1. The van der Waals surface area contributed by atoms with Gasteiger partial charge >= 0.3 is 0 Å². The number of ether oxygens (including phenoxy) is 1. The van der Waals surface area contributed by atoms with Gasteiger partial charge in [-0.25, -0.2) is 4.98 Å². The molecule has 0 unspecified atom stereocenters. The molecule has 6 heteroatoms. The van der Waals surface area contributed by atoms with Crippen LogP contribution in [0.15, 0.2) is 40.0 Å². The van der Waals surface area contributed by atoms with Gasteiger partial charge in [0.05, 0.1) is 24.4 Å². The van der Waals surface area contributed by atoms with Crippen molar-refractivity contribution in [1.29, 1.82) is 0 Å². The van der Waals surface area contributed by atoms with Gasteiger partial charge < -0.3 is 19.9 Å². The van der Waals surface area contributed by atoms with E-state index in [1.54, 1.807) is 25.4 Å². The number of nitrogens with one attached hydrogen (secondary N) is 1. The van der Waals surface area contributed by atoms with Gasteiger partial charge in [0.1, 0.15) is 11.6 Å². The third-order valence-corrected chi connectivity index (χ3v) is 2.87. The molecule has 19 heavy (non-hydrogen) atoms. The molecule has 0 radical (unpaired) electrons. The molecule has 0 spiro atoms. The van der Waals surface area contributed by atoms with E-state index >= 15 is 0 Å². The standard InChI is InChI=1S/C13H11N3O3/c1-18-11-3-9-7(10(17)4-13(14)16-9)2-8(11)12-5-15-6-19-12/h2-6H,1H3,(H3,14,16,17). The minimum absolute atomic E-state index is 0.158. The van der Waals surface area contributed by atoms with Crippen LogP contribution in [0.5, 0.6) is 5.75 Å². The summed E-state index contributed by atoms with van der Waals surface area (Å²) in [5.74, 6) is 1.42. The van der Waals surface area contributed by atoms with E-state index in [-0.39, 0.29) is 5.43 Å². The first kappa shape index (κ1) is 11.3. The first-order valence-corrected chi connectivity index (χ1v) is 5.58. The summed E-state index contributed by atoms with van der Waals surface area (Å²) in [6.07, 6.45) is 2.89. The van der Waals surface area contributed by atoms with E-state index in [0.717, 1.165) is 0 Å². The summed E-state index contributed by atoms with van der Waals surface area (Å²) in [5, 5.41) is 0.515. The Morgan fingerprint density at radius 2 is 2.21 bits per heavy atom. The highest BCUT2D eigenvalue weighted by atomic mass is 16.5. The van der Waals surface area contributed by atoms with E-state index < -0.39 is 0 Å². The molecule has 0 aliphatic heterocycles. The second-order valence-corrected chi connectivity index (χ2v) is 4.05. The smallest absolute Gasteiger partial charge is 0.191 e. The number of nitrogens with two attached hydrogens (primary N) is 1. The summed E-state index contributed by atoms with van der Waals surface area (Å²) in [4.78, 5) is 18.7. The number of rotatable bonds is 2. The first-order chi connectivity index (χ1) is 9.19. The molecule has 2 aromatic heterocycles. The fourth-order valence-corrected chi connectivity index (χ4v) is 2.01. The van der Waals surface area contributed by atoms with Crippen LogP contribution in [0.4, 0.5) is 5.82 Å². The molecule has 0 atom stereocenters. The maximum atomic E-state index is 11.9. The highest BCUT2D eigenvalue weighted by Crippen LogP contribution is 2.32. The van der Waals surface area contributed by atoms with E-state index in [2.05, 4.69) is 9.97 Å². The van der Waals surface area contributed by atoms with E-state index in [1.165, 1.54) is 12.5 Å². The van der Waals surface area contributed by atoms with Gasteiger partial charge in [0, 0.05) is 17.5 Å². The lowest BCUT2D eigenvalue weighted by atomic mass is 10.1. The van der Waals surface area contributed by atoms with Crippen molar-refractivity contribution in [3.8, 4) is 17.1 Å². The molecule has 0 aliphatic rings. The number of fused-ring (bicyclic) bond motifs is 1. The van der Waals surface area contributed by atoms with E-state index in [1.807, 2.05) is 0 Å². The minimum Gasteiger partial charge on any atom is -0.496 e. The maximum Gasteiger partial charge on any atom is 0.191 e. The van der Waals surface area contributed by atoms with E-state index in [0.29, 0.717) is 33.8 Å². The predicted molar refractivity (Wildman–Crippen MR) is 71.0 cm³/mol. The summed E-state index contributed by atoms with van der Waals surface area (Å²) in [6.45, 7) is 0. The summed E-state index contributed by atoms with van der Waals surface area (Å²) in [6, 6.07) is 4.76. The molecule has 3 rings (SSSR count). The number of anilines is 1. The number of H-pyrrole nitrogens is 1. The van der Waals surface area contributed by atoms with Crippen molar-refractivity contribution >= 4 is 16.7 Å². The van der Waals surface area contributed by atoms with E-state index in [4.69, 9.17) is 14.9 Å². The number of oxazole rings is 1. The molecule has 0 fully saturated rings. The molecule has 3 N–H and O–H groups in total. The molecule has 2 heterocycles. The van der Waals surface area contributed by atoms with Crippen molar-refractivity contribution in [2.45, 2.75) is 0 Å². The van der Waals surface area contributed by atoms with Gasteiger partial charge in [0.15, 0.2) is 17.6 Å². The SMILES string of the molecule is COc1cc2[nH]c(N)cc(=O)c2cc1-c1cnco1. The highest BCUT2D eigenvalue weighted by Gasteiger charge is 2.12. The van der Waals surface area contributed by atoms with Crippen molar-refractivity contribution in [2.24, 2.45) is 0 Å². The number of hydrogen-bond donors (Lipinski definition) is 2. The topological polar surface area (TPSA) is 94.1 Å². The second kappa shape index (κ2) is 4.16. The predicted octanol–water partition coefficient (Wildman–Crippen LogP) is 1.77. The number of aromatic amines is 1. The average Bonchev–Trinajstić information content (AvgIpc) is 2.91. The zero-order chi connectivity index (χ0) is 13.4. The lowest BCUT2D eigenvalue weighted by Crippen LogP contribution is -2.05. The molecule has 96 valence electrons. The monoisotopic (exact) mass is 257 g/mol. The normalized spacial score (nSPS) is 10.8. The number of aromatic nitrogens is 2. The Bertz CT molecular complexity index is 791. The molecular formula is C13H11N3O3. The van der Waals surface area contributed by atoms with E-state index in [9.17, 15) is 4.79 Å². The Hall–Kier alpha value is -2.76. The lowest BCUT2D eigenvalue weighted by molar-refractivity contribution is 0.415. The van der Waals surface area contributed by atoms with Crippen molar-refractivity contribution < 1.29 is 9.15 Å². The van der Waals surface area contributed by atoms with Crippen molar-refractivity contribution in [2.75, 3.05) is 12.8 Å². The van der Waals surface area contributed by atoms with Crippen molar-refractivity contribution in [1.82, 2.24) is 9.97 Å². The molecule has 0 saturated carbocycles. The Labute approximate surface area is 107 Å². The molecule has 3 aromatic rings. The highest BCUT2D eigenvalue weighted by molar-refractivity contribution is 5.87. The lowest BCUT2D eigenvalue weighted by Gasteiger charge is -2.08. The number of hydrogen-bond acceptors (Lipinski definition) is 5. The Kier molecular flexibility index (Phi) is 2.49. The molecule has 0 saturated heterocycles. The molecule has 6 nitrogen and oxygen atoms in total. The van der Waals surface area contributed by atoms with Crippen LogP contribution in [0.25, 0.3) is 22.2 Å². The fourth-order valence-electron chi connectivity index (χ4n) is 2.01. The fraction of sp³-hybridized carbons (Fsp3) is 0.0769. The number of pyridine rings is 1. The molecule has 0 amide bonds. The van der Waals surface area contributed by atoms with Gasteiger partial charge in [0.25, 0.3) is 0 Å². The van der Waals surface area contributed by atoms with Crippen LogP contribution in [0.3, 0.4) is 0 Å². The third kappa shape index (κ3) is 1.83. The van der Waals surface area contributed by atoms with Crippen molar-refractivity contribution in [3.05, 3.63) is 41.0 Å². The average molecular weight is 257 g/mol. The molecule has 1 aromatic carbocycles. The molecule has 0 bridgehead atoms. The van der Waals surface area contributed by atoms with Crippen LogP contribution in [0.2, 0.25) is 0 Å². The van der Waals surface area contributed by atoms with Crippen LogP contribution >= 0.6 is 0 Å². The second-order valence-electron chi connectivity index (χ2n) is 4.05. The van der Waals surface area contributed by atoms with Crippen LogP contribution in [0, 0.1) is 0 Å². The Morgan fingerprint density at radius 3 is 2.89 bits per heavy atom. The number of methoxy groups -OCH3 is 1. The summed E-state index contributed by atoms with van der Waals surface area (Å²) in [7, 11) is 1.55. The first-order valence-electron chi connectivity index (χ1n) is 5.58. The molecular weight excluding hydrogens is 246 g/mol. The molecule has 0 aliphatic carbocycles. The zero-order valence-electron chi connectivity index (χ0n) is 10.1. The van der Waals surface area contributed by atoms with Crippen LogP contribution in [0.1, 0.15) is 0 Å². The Balaban J connectivity index is 2.37. The van der Waals surface area contributed by atoms with Crippen LogP contribution in [-0.4, -0.2) is 17.1 Å². The van der Waals surface area contributed by atoms with Crippen molar-refractivity contribution in [3.63, 3.8) is 0 Å². The van der Waals surface area contributed by atoms with Gasteiger partial charge in [0.2, 0.25) is 0 Å². The Morgan fingerprint density at radius 1 is 1.37 bits per heavy atom. The van der Waals surface area contributed by atoms with Crippen LogP contribution < -0.4 is 15.9 Å². The minimum atomic E-state index is -0.158. The van der Waals surface area contributed by atoms with Gasteiger partial charge in [-0.05, 0) is 6.07 Å². The zero-order valence-corrected chi connectivity index (χ0v) is 10.1. The maximum absolute atomic E-state index is 11.9. The number of nitrogens with zero attached hydrogens (tertiary/aromatic N) is 1. The van der Waals surface area contributed by atoms with Gasteiger partial charge in [-0.1, -0.05) is 0 Å². The summed E-state index contributed by atoms with van der Waals surface area (Å²) < 4.78 is 10.6. The third-order valence-electron chi connectivity index (χ3n) is 2.87. The van der Waals surface area contributed by atoms with Gasteiger partial charge in [-0.3, -0.25) is 4.79 Å². The summed E-state index contributed by atoms with van der Waals surface area (Å²) >= 11 is 0. The number of nitrogen functional groups attached to an aromatic ring is 1. The summed E-state index contributed by atoms with van der Waals surface area (Å²) in [5.41, 5.74) is 6.75. The largest absolute Gasteiger partial charge is 0.496 e. The van der Waals surface area contributed by atoms with Gasteiger partial charge in [-0.2, -0.15) is 0 Å². The van der Waals surface area contributed by atoms with Gasteiger partial charge in [-0.15, -0.1) is 0 Å². The quantitative estimate of drug-likeness (QED) is 0.729. The van der Waals surface area contributed by atoms with Crippen LogP contribution in [-0.2, 0) is 0 Å².